The summed E-state index contributed by atoms with van der Waals surface area (Å²) in [5.41, 5.74) is 0.930. The molecule has 7 heteroatoms. The van der Waals surface area contributed by atoms with E-state index in [9.17, 15) is 4.79 Å². The van der Waals surface area contributed by atoms with E-state index in [4.69, 9.17) is 0 Å². The van der Waals surface area contributed by atoms with Crippen molar-refractivity contribution in [1.29, 1.82) is 0 Å². The zero-order valence-corrected chi connectivity index (χ0v) is 13.7. The predicted molar refractivity (Wildman–Crippen MR) is 90.3 cm³/mol. The smallest absolute Gasteiger partial charge is 0.239 e. The van der Waals surface area contributed by atoms with Crippen molar-refractivity contribution in [2.24, 2.45) is 0 Å². The molecule has 0 unspecified atom stereocenters. The summed E-state index contributed by atoms with van der Waals surface area (Å²) in [6.45, 7) is 3.70. The van der Waals surface area contributed by atoms with Gasteiger partial charge in [0.2, 0.25) is 11.0 Å². The lowest BCUT2D eigenvalue weighted by atomic mass is 10.2. The van der Waals surface area contributed by atoms with Crippen LogP contribution in [0.2, 0.25) is 0 Å². The number of hydrogen-bond donors (Lipinski definition) is 1. The first-order valence-corrected chi connectivity index (χ1v) is 8.45. The summed E-state index contributed by atoms with van der Waals surface area (Å²) in [7, 11) is 0. The Hall–Kier alpha value is -1.99. The molecule has 0 saturated heterocycles. The first kappa shape index (κ1) is 14.9. The van der Waals surface area contributed by atoms with Gasteiger partial charge in [-0.2, -0.15) is 0 Å². The molecule has 2 aromatic heterocycles. The number of nitrogens with one attached hydrogen (secondary N) is 1. The molecule has 0 aliphatic rings. The number of nitrogens with zero attached hydrogens (tertiary/aromatic N) is 3. The number of pyridine rings is 1. The van der Waals surface area contributed by atoms with Crippen LogP contribution in [0.1, 0.15) is 11.9 Å². The quantitative estimate of drug-likeness (QED) is 0.741. The average molecular weight is 330 g/mol. The average Bonchev–Trinajstić information content (AvgIpc) is 2.92. The number of carbonyl (C=O) groups excluding carboxylic acids is 1. The molecule has 22 heavy (non-hydrogen) atoms. The molecular weight excluding hydrogens is 316 g/mol. The number of carbonyl (C=O) groups is 1. The van der Waals surface area contributed by atoms with Gasteiger partial charge in [0.1, 0.15) is 5.01 Å². The monoisotopic (exact) mass is 330 g/mol. The van der Waals surface area contributed by atoms with Crippen LogP contribution in [0.5, 0.6) is 0 Å². The molecule has 1 N–H and O–H groups in total. The van der Waals surface area contributed by atoms with E-state index in [1.165, 1.54) is 23.1 Å². The third-order valence-corrected chi connectivity index (χ3v) is 4.79. The Bertz CT molecular complexity index is 818. The largest absolute Gasteiger partial charge is 0.300 e. The standard InChI is InChI=1S/C15H14N4OS2/c1-9(14(20)17-15-19-18-10(2)22-15)21-13-8-7-11-5-3-4-6-12(11)16-13/h3-9H,1-2H3,(H,17,19,20)/t9-/m1/s1. The number of fused-ring (bicyclic) bond motifs is 1. The highest BCUT2D eigenvalue weighted by molar-refractivity contribution is 8.00. The third-order valence-electron chi connectivity index (χ3n) is 3.00. The van der Waals surface area contributed by atoms with E-state index < -0.39 is 0 Å². The van der Waals surface area contributed by atoms with Crippen molar-refractivity contribution in [2.75, 3.05) is 5.32 Å². The SMILES string of the molecule is Cc1nnc(NC(=O)[C@@H](C)Sc2ccc3ccccc3n2)s1. The number of thioether (sulfide) groups is 1. The van der Waals surface area contributed by atoms with Gasteiger partial charge in [-0.15, -0.1) is 10.2 Å². The summed E-state index contributed by atoms with van der Waals surface area (Å²) in [4.78, 5) is 16.7. The van der Waals surface area contributed by atoms with Gasteiger partial charge in [0.15, 0.2) is 0 Å². The molecule has 112 valence electrons. The van der Waals surface area contributed by atoms with Crippen LogP contribution < -0.4 is 5.32 Å². The van der Waals surface area contributed by atoms with Crippen LogP contribution in [0.25, 0.3) is 10.9 Å². The van der Waals surface area contributed by atoms with E-state index in [2.05, 4.69) is 20.5 Å². The molecule has 5 nitrogen and oxygen atoms in total. The van der Waals surface area contributed by atoms with Gasteiger partial charge >= 0.3 is 0 Å². The van der Waals surface area contributed by atoms with Crippen LogP contribution in [0, 0.1) is 6.92 Å². The second-order valence-corrected chi connectivity index (χ2v) is 7.26. The summed E-state index contributed by atoms with van der Waals surface area (Å²) in [6.07, 6.45) is 0. The number of aromatic nitrogens is 3. The number of hydrogen-bond acceptors (Lipinski definition) is 6. The van der Waals surface area contributed by atoms with Crippen molar-refractivity contribution in [3.8, 4) is 0 Å². The van der Waals surface area contributed by atoms with Crippen LogP contribution in [0.3, 0.4) is 0 Å². The van der Waals surface area contributed by atoms with Crippen molar-refractivity contribution in [3.63, 3.8) is 0 Å². The highest BCUT2D eigenvalue weighted by Crippen LogP contribution is 2.25. The number of anilines is 1. The zero-order valence-electron chi connectivity index (χ0n) is 12.1. The first-order chi connectivity index (χ1) is 10.6. The second-order valence-electron chi connectivity index (χ2n) is 4.72. The molecule has 0 bridgehead atoms. The molecule has 0 aliphatic heterocycles. The fourth-order valence-electron chi connectivity index (χ4n) is 1.90. The summed E-state index contributed by atoms with van der Waals surface area (Å²) in [6, 6.07) is 11.9. The van der Waals surface area contributed by atoms with Gasteiger partial charge in [0.25, 0.3) is 0 Å². The maximum Gasteiger partial charge on any atom is 0.239 e. The van der Waals surface area contributed by atoms with Gasteiger partial charge < -0.3 is 0 Å². The molecule has 0 aliphatic carbocycles. The Labute approximate surface area is 136 Å². The summed E-state index contributed by atoms with van der Waals surface area (Å²) in [5, 5.41) is 13.6. The van der Waals surface area contributed by atoms with E-state index in [0.29, 0.717) is 5.13 Å². The Morgan fingerprint density at radius 1 is 1.23 bits per heavy atom. The van der Waals surface area contributed by atoms with Crippen LogP contribution in [-0.2, 0) is 4.79 Å². The van der Waals surface area contributed by atoms with E-state index in [1.807, 2.05) is 50.2 Å². The minimum absolute atomic E-state index is 0.101. The number of aryl methyl sites for hydroxylation is 1. The maximum absolute atomic E-state index is 12.2. The van der Waals surface area contributed by atoms with E-state index >= 15 is 0 Å². The van der Waals surface area contributed by atoms with Crippen molar-refractivity contribution >= 4 is 45.0 Å². The molecule has 0 radical (unpaired) electrons. The van der Waals surface area contributed by atoms with Gasteiger partial charge in [-0.25, -0.2) is 4.98 Å². The van der Waals surface area contributed by atoms with Gasteiger partial charge in [0, 0.05) is 5.39 Å². The molecule has 1 amide bonds. The van der Waals surface area contributed by atoms with Gasteiger partial charge in [-0.05, 0) is 26.0 Å². The molecule has 0 fully saturated rings. The highest BCUT2D eigenvalue weighted by atomic mass is 32.2. The van der Waals surface area contributed by atoms with E-state index in [-0.39, 0.29) is 11.2 Å². The first-order valence-electron chi connectivity index (χ1n) is 6.75. The van der Waals surface area contributed by atoms with Crippen LogP contribution in [0.15, 0.2) is 41.4 Å². The van der Waals surface area contributed by atoms with Crippen molar-refractivity contribution in [1.82, 2.24) is 15.2 Å². The summed E-state index contributed by atoms with van der Waals surface area (Å²) < 4.78 is 0. The van der Waals surface area contributed by atoms with Crippen molar-refractivity contribution in [3.05, 3.63) is 41.4 Å². The Morgan fingerprint density at radius 2 is 2.05 bits per heavy atom. The van der Waals surface area contributed by atoms with Crippen LogP contribution in [-0.4, -0.2) is 26.3 Å². The Kier molecular flexibility index (Phi) is 4.35. The summed E-state index contributed by atoms with van der Waals surface area (Å²) in [5.74, 6) is -0.101. The second kappa shape index (κ2) is 6.41. The van der Waals surface area contributed by atoms with Crippen LogP contribution in [0.4, 0.5) is 5.13 Å². The molecular formula is C15H14N4OS2. The Morgan fingerprint density at radius 3 is 2.82 bits per heavy atom. The molecule has 3 aromatic rings. The van der Waals surface area contributed by atoms with Crippen molar-refractivity contribution < 1.29 is 4.79 Å². The molecule has 3 rings (SSSR count). The molecule has 0 spiro atoms. The van der Waals surface area contributed by atoms with Gasteiger partial charge in [0.05, 0.1) is 15.8 Å². The highest BCUT2D eigenvalue weighted by Gasteiger charge is 2.17. The maximum atomic E-state index is 12.2. The molecule has 2 heterocycles. The number of para-hydroxylation sites is 1. The van der Waals surface area contributed by atoms with Gasteiger partial charge in [-0.1, -0.05) is 47.4 Å². The minimum Gasteiger partial charge on any atom is -0.300 e. The lowest BCUT2D eigenvalue weighted by Gasteiger charge is -2.10. The number of rotatable bonds is 4. The van der Waals surface area contributed by atoms with E-state index in [1.54, 1.807) is 0 Å². The topological polar surface area (TPSA) is 67.8 Å². The van der Waals surface area contributed by atoms with Crippen molar-refractivity contribution in [2.45, 2.75) is 24.1 Å². The third kappa shape index (κ3) is 3.42. The minimum atomic E-state index is -0.266. The van der Waals surface area contributed by atoms with Gasteiger partial charge in [-0.3, -0.25) is 10.1 Å². The number of benzene rings is 1. The zero-order chi connectivity index (χ0) is 15.5. The molecule has 1 aromatic carbocycles. The molecule has 1 atom stereocenters. The molecule has 0 saturated carbocycles. The number of amides is 1. The van der Waals surface area contributed by atoms with Crippen LogP contribution >= 0.6 is 23.1 Å². The normalized spacial score (nSPS) is 12.3. The fourth-order valence-corrected chi connectivity index (χ4v) is 3.32. The Balaban J connectivity index is 1.69. The lowest BCUT2D eigenvalue weighted by molar-refractivity contribution is -0.115. The fraction of sp³-hybridized carbons (Fsp3) is 0.200. The predicted octanol–water partition coefficient (Wildman–Crippen LogP) is 3.51. The van der Waals surface area contributed by atoms with E-state index in [0.717, 1.165) is 20.9 Å². The lowest BCUT2D eigenvalue weighted by Crippen LogP contribution is -2.22. The summed E-state index contributed by atoms with van der Waals surface area (Å²) >= 11 is 2.79.